The molecule has 0 spiro atoms. The highest BCUT2D eigenvalue weighted by Crippen LogP contribution is 2.30. The normalized spacial score (nSPS) is 13.1. The van der Waals surface area contributed by atoms with Gasteiger partial charge in [0.25, 0.3) is 0 Å². The van der Waals surface area contributed by atoms with Gasteiger partial charge < -0.3 is 4.57 Å². The maximum Gasteiger partial charge on any atom is 0.180 e. The van der Waals surface area contributed by atoms with Gasteiger partial charge in [-0.15, -0.1) is 15.3 Å². The van der Waals surface area contributed by atoms with E-state index in [0.29, 0.717) is 28.0 Å². The molecule has 2 aromatic heterocycles. The predicted molar refractivity (Wildman–Crippen MR) is 129 cm³/mol. The van der Waals surface area contributed by atoms with Crippen molar-refractivity contribution in [3.8, 4) is 22.5 Å². The Morgan fingerprint density at radius 1 is 0.938 bits per heavy atom. The van der Waals surface area contributed by atoms with E-state index in [4.69, 9.17) is 29.4 Å². The summed E-state index contributed by atoms with van der Waals surface area (Å²) in [6.45, 7) is 4.81. The summed E-state index contributed by atoms with van der Waals surface area (Å²) in [5.41, 5.74) is 5.60. The number of tetrazole rings is 1. The summed E-state index contributed by atoms with van der Waals surface area (Å²) in [6.07, 6.45) is 0. The van der Waals surface area contributed by atoms with Gasteiger partial charge in [0.2, 0.25) is 0 Å². The van der Waals surface area contributed by atoms with Crippen molar-refractivity contribution in [2.45, 2.75) is 26.3 Å². The average Bonchev–Trinajstić information content (AvgIpc) is 3.46. The van der Waals surface area contributed by atoms with Crippen molar-refractivity contribution in [1.29, 1.82) is 0 Å². The third kappa shape index (κ3) is 3.57. The van der Waals surface area contributed by atoms with Crippen LogP contribution in [0, 0.1) is 0 Å². The summed E-state index contributed by atoms with van der Waals surface area (Å²) in [5, 5.41) is 22.3. The Morgan fingerprint density at radius 3 is 2.34 bits per heavy atom. The number of rotatable bonds is 5. The first-order valence-corrected chi connectivity index (χ1v) is 10.9. The first-order chi connectivity index (χ1) is 15.5. The second-order valence-corrected chi connectivity index (χ2v) is 8.48. The zero-order valence-corrected chi connectivity index (χ0v) is 19.0. The highest BCUT2D eigenvalue weighted by atomic mass is 32.1. The molecule has 2 aromatic carbocycles. The number of hydrogen-bond acceptors (Lipinski definition) is 6. The highest BCUT2D eigenvalue weighted by molar-refractivity contribution is 7.81. The van der Waals surface area contributed by atoms with E-state index in [1.165, 1.54) is 0 Å². The summed E-state index contributed by atoms with van der Waals surface area (Å²) >= 11 is 10.8. The van der Waals surface area contributed by atoms with Crippen molar-refractivity contribution in [2.75, 3.05) is 0 Å². The van der Waals surface area contributed by atoms with Crippen LogP contribution in [-0.2, 0) is 6.54 Å². The average molecular weight is 459 g/mol. The largest absolute Gasteiger partial charge is 0.321 e. The van der Waals surface area contributed by atoms with Gasteiger partial charge in [-0.1, -0.05) is 86.8 Å². The van der Waals surface area contributed by atoms with Crippen LogP contribution in [0.1, 0.15) is 42.5 Å². The van der Waals surface area contributed by atoms with Crippen LogP contribution in [0.4, 0.5) is 0 Å². The molecular weight excluding hydrogens is 440 g/mol. The molecule has 0 bridgehead atoms. The smallest absolute Gasteiger partial charge is 0.180 e. The van der Waals surface area contributed by atoms with E-state index in [9.17, 15) is 0 Å². The van der Waals surface area contributed by atoms with Gasteiger partial charge in [-0.25, -0.2) is 10.1 Å². The zero-order valence-electron chi connectivity index (χ0n) is 17.4. The molecule has 0 amide bonds. The molecule has 10 heteroatoms. The summed E-state index contributed by atoms with van der Waals surface area (Å²) in [7, 11) is 0. The van der Waals surface area contributed by atoms with Gasteiger partial charge in [0.1, 0.15) is 17.2 Å². The molecule has 0 fully saturated rings. The molecule has 0 saturated carbocycles. The van der Waals surface area contributed by atoms with Crippen LogP contribution in [0.3, 0.4) is 0 Å². The molecule has 1 aliphatic rings. The Labute approximate surface area is 194 Å². The number of nitrogens with one attached hydrogen (secondary N) is 1. The topological polar surface area (TPSA) is 97.0 Å². The van der Waals surface area contributed by atoms with Gasteiger partial charge >= 0.3 is 0 Å². The molecule has 3 heterocycles. The van der Waals surface area contributed by atoms with Crippen LogP contribution in [0.5, 0.6) is 0 Å². The molecule has 0 saturated heterocycles. The van der Waals surface area contributed by atoms with Crippen molar-refractivity contribution >= 4 is 34.4 Å². The number of benzene rings is 2. The van der Waals surface area contributed by atoms with E-state index in [-0.39, 0.29) is 5.92 Å². The van der Waals surface area contributed by atoms with E-state index in [2.05, 4.69) is 79.6 Å². The molecule has 8 nitrogen and oxygen atoms in total. The fourth-order valence-electron chi connectivity index (χ4n) is 3.81. The monoisotopic (exact) mass is 458 g/mol. The highest BCUT2D eigenvalue weighted by Gasteiger charge is 2.27. The van der Waals surface area contributed by atoms with Crippen molar-refractivity contribution in [3.05, 3.63) is 71.3 Å². The Morgan fingerprint density at radius 2 is 1.66 bits per heavy atom. The molecule has 32 heavy (non-hydrogen) atoms. The van der Waals surface area contributed by atoms with Crippen molar-refractivity contribution in [2.24, 2.45) is 10.2 Å². The summed E-state index contributed by atoms with van der Waals surface area (Å²) in [4.78, 5) is 5.54. The molecule has 4 aromatic rings. The standard InChI is InChI=1S/C22H18N8S2/c1-12(2)20-23-17-18(22(32)27-26-21(17)31)30(20)11-13-7-9-14(10-8-13)15-5-3-4-6-16(15)19-24-28-29-25-19/h3-10,12H,11H2,1-2H3,(H,24,25,28,29). The fourth-order valence-corrected chi connectivity index (χ4v) is 4.24. The van der Waals surface area contributed by atoms with Gasteiger partial charge in [0.05, 0.1) is 0 Å². The number of fused-ring (bicyclic) bond motifs is 1. The predicted octanol–water partition coefficient (Wildman–Crippen LogP) is 4.72. The minimum Gasteiger partial charge on any atom is -0.321 e. The van der Waals surface area contributed by atoms with Gasteiger partial charge in [-0.3, -0.25) is 0 Å². The Kier molecular flexibility index (Phi) is 5.24. The molecule has 1 N–H and O–H groups in total. The zero-order chi connectivity index (χ0) is 22.2. The first kappa shape index (κ1) is 20.4. The molecule has 0 aliphatic carbocycles. The number of aromatic nitrogens is 6. The van der Waals surface area contributed by atoms with Crippen LogP contribution in [-0.4, -0.2) is 40.2 Å². The summed E-state index contributed by atoms with van der Waals surface area (Å²) in [5.74, 6) is 1.75. The van der Waals surface area contributed by atoms with Crippen LogP contribution in [0.2, 0.25) is 0 Å². The van der Waals surface area contributed by atoms with E-state index >= 15 is 0 Å². The van der Waals surface area contributed by atoms with E-state index in [1.54, 1.807) is 0 Å². The second-order valence-electron chi connectivity index (χ2n) is 7.71. The van der Waals surface area contributed by atoms with Gasteiger partial charge in [0, 0.05) is 18.0 Å². The third-order valence-electron chi connectivity index (χ3n) is 5.28. The lowest BCUT2D eigenvalue weighted by Crippen LogP contribution is -2.16. The first-order valence-electron chi connectivity index (χ1n) is 10.1. The second kappa shape index (κ2) is 8.21. The minimum atomic E-state index is 0.202. The lowest BCUT2D eigenvalue weighted by molar-refractivity contribution is 0.666. The molecule has 5 rings (SSSR count). The van der Waals surface area contributed by atoms with Crippen LogP contribution in [0.15, 0.2) is 58.8 Å². The van der Waals surface area contributed by atoms with E-state index < -0.39 is 0 Å². The lowest BCUT2D eigenvalue weighted by atomic mass is 9.98. The number of azo groups is 1. The van der Waals surface area contributed by atoms with Crippen LogP contribution in [0.25, 0.3) is 22.5 Å². The number of H-pyrrole nitrogens is 1. The number of aromatic amines is 1. The van der Waals surface area contributed by atoms with Gasteiger partial charge in [-0.2, -0.15) is 0 Å². The summed E-state index contributed by atoms with van der Waals surface area (Å²) < 4.78 is 2.11. The van der Waals surface area contributed by atoms with Crippen molar-refractivity contribution < 1.29 is 0 Å². The van der Waals surface area contributed by atoms with Crippen LogP contribution >= 0.6 is 24.4 Å². The molecule has 1 aliphatic heterocycles. The van der Waals surface area contributed by atoms with Gasteiger partial charge in [0.15, 0.2) is 15.8 Å². The molecule has 0 radical (unpaired) electrons. The van der Waals surface area contributed by atoms with E-state index in [1.807, 2.05) is 18.2 Å². The summed E-state index contributed by atoms with van der Waals surface area (Å²) in [6, 6.07) is 16.4. The maximum atomic E-state index is 5.46. The van der Waals surface area contributed by atoms with E-state index in [0.717, 1.165) is 33.8 Å². The molecule has 158 valence electrons. The van der Waals surface area contributed by atoms with Crippen molar-refractivity contribution in [3.63, 3.8) is 0 Å². The molecule has 0 unspecified atom stereocenters. The van der Waals surface area contributed by atoms with Crippen molar-refractivity contribution in [1.82, 2.24) is 30.2 Å². The quantitative estimate of drug-likeness (QED) is 0.435. The molecular formula is C22H18N8S2. The fraction of sp³-hybridized carbons (Fsp3) is 0.182. The van der Waals surface area contributed by atoms with Crippen LogP contribution < -0.4 is 0 Å². The Balaban J connectivity index is 1.50. The maximum absolute atomic E-state index is 5.46. The SMILES string of the molecule is CC(C)c1nc2c(n1Cc1ccc(-c3ccccc3-c3nnn[nH]3)cc1)C(=S)N=NC2=S. The third-order valence-corrected chi connectivity index (χ3v) is 5.83. The lowest BCUT2D eigenvalue weighted by Gasteiger charge is -2.15. The number of nitrogens with zero attached hydrogens (tertiary/aromatic N) is 7. The number of hydrogen-bond donors (Lipinski definition) is 1. The number of imidazole rings is 1. The number of thiocarbonyl (C=S) groups is 2. The molecule has 0 atom stereocenters. The Hall–Kier alpha value is -3.50. The minimum absolute atomic E-state index is 0.202. The van der Waals surface area contributed by atoms with Gasteiger partial charge in [-0.05, 0) is 27.1 Å². The Bertz CT molecular complexity index is 1350.